The first-order valence-electron chi connectivity index (χ1n) is 10.7. The van der Waals surface area contributed by atoms with Crippen LogP contribution in [0.25, 0.3) is 0 Å². The van der Waals surface area contributed by atoms with Gasteiger partial charge >= 0.3 is 12.2 Å². The standard InChI is InChI=1S/C24H26ClN3O6/c1-23(25,26-21(31)32)24(14-17-8-4-2-5-9-17,16-28-19(29)12-13-20(28)30)27-22(33)34-15-18-10-6-3-7-11-18/h2-11,26H,12-16H2,1H3,(H,27,33)(H,31,32). The van der Waals surface area contributed by atoms with Gasteiger partial charge in [-0.2, -0.15) is 0 Å². The second-order valence-electron chi connectivity index (χ2n) is 8.24. The van der Waals surface area contributed by atoms with Crippen molar-refractivity contribution in [3.05, 3.63) is 71.8 Å². The zero-order valence-corrected chi connectivity index (χ0v) is 19.4. The first-order valence-corrected chi connectivity index (χ1v) is 11.1. The fourth-order valence-electron chi connectivity index (χ4n) is 3.86. The molecule has 3 N–H and O–H groups in total. The molecule has 0 aromatic heterocycles. The molecular weight excluding hydrogens is 462 g/mol. The quantitative estimate of drug-likeness (QED) is 0.283. The highest BCUT2D eigenvalue weighted by Crippen LogP contribution is 2.33. The minimum atomic E-state index is -1.83. The van der Waals surface area contributed by atoms with Crippen molar-refractivity contribution in [1.29, 1.82) is 0 Å². The summed E-state index contributed by atoms with van der Waals surface area (Å²) in [6, 6.07) is 17.9. The number of alkyl carbamates (subject to hydrolysis) is 1. The van der Waals surface area contributed by atoms with E-state index in [2.05, 4.69) is 10.6 Å². The van der Waals surface area contributed by atoms with E-state index in [1.165, 1.54) is 6.92 Å². The van der Waals surface area contributed by atoms with Gasteiger partial charge in [0.1, 0.15) is 17.1 Å². The highest BCUT2D eigenvalue weighted by molar-refractivity contribution is 6.25. The van der Waals surface area contributed by atoms with Crippen LogP contribution in [0.2, 0.25) is 0 Å². The molecule has 2 unspecified atom stereocenters. The zero-order chi connectivity index (χ0) is 24.8. The average Bonchev–Trinajstić information content (AvgIpc) is 3.10. The van der Waals surface area contributed by atoms with Crippen LogP contribution in [-0.4, -0.2) is 51.1 Å². The lowest BCUT2D eigenvalue weighted by Crippen LogP contribution is -2.72. The van der Waals surface area contributed by atoms with Gasteiger partial charge in [0.15, 0.2) is 0 Å². The number of nitrogens with one attached hydrogen (secondary N) is 2. The number of benzene rings is 2. The highest BCUT2D eigenvalue weighted by Gasteiger charge is 2.53. The summed E-state index contributed by atoms with van der Waals surface area (Å²) in [6.45, 7) is 0.982. The number of likely N-dealkylation sites (tertiary alicyclic amines) is 1. The normalized spacial score (nSPS) is 16.9. The molecule has 1 fully saturated rings. The van der Waals surface area contributed by atoms with Crippen molar-refractivity contribution >= 4 is 35.6 Å². The van der Waals surface area contributed by atoms with E-state index in [4.69, 9.17) is 16.3 Å². The summed E-state index contributed by atoms with van der Waals surface area (Å²) in [5, 5.41) is 14.4. The number of imide groups is 1. The van der Waals surface area contributed by atoms with Crippen LogP contribution in [0.3, 0.4) is 0 Å². The Labute approximate surface area is 202 Å². The lowest BCUT2D eigenvalue weighted by Gasteiger charge is -2.46. The summed E-state index contributed by atoms with van der Waals surface area (Å²) in [7, 11) is 0. The van der Waals surface area contributed by atoms with Gasteiger partial charge in [0.05, 0.1) is 6.54 Å². The number of ether oxygens (including phenoxy) is 1. The van der Waals surface area contributed by atoms with Crippen LogP contribution >= 0.6 is 11.6 Å². The molecule has 1 aliphatic heterocycles. The maximum atomic E-state index is 12.9. The minimum Gasteiger partial charge on any atom is -0.465 e. The molecule has 1 heterocycles. The van der Waals surface area contributed by atoms with E-state index < -0.39 is 34.5 Å². The number of hydrogen-bond donors (Lipinski definition) is 3. The molecule has 4 amide bonds. The Morgan fingerprint density at radius 2 is 1.50 bits per heavy atom. The fourth-order valence-corrected chi connectivity index (χ4v) is 4.11. The molecule has 2 aromatic rings. The van der Waals surface area contributed by atoms with Crippen molar-refractivity contribution in [3.8, 4) is 0 Å². The van der Waals surface area contributed by atoms with Crippen LogP contribution < -0.4 is 10.6 Å². The molecule has 2 aromatic carbocycles. The van der Waals surface area contributed by atoms with Crippen molar-refractivity contribution in [2.24, 2.45) is 0 Å². The lowest BCUT2D eigenvalue weighted by atomic mass is 9.83. The Balaban J connectivity index is 1.97. The van der Waals surface area contributed by atoms with Crippen LogP contribution in [0, 0.1) is 0 Å². The topological polar surface area (TPSA) is 125 Å². The van der Waals surface area contributed by atoms with Crippen molar-refractivity contribution in [3.63, 3.8) is 0 Å². The molecule has 9 nitrogen and oxygen atoms in total. The second-order valence-corrected chi connectivity index (χ2v) is 8.99. The Morgan fingerprint density at radius 1 is 0.971 bits per heavy atom. The van der Waals surface area contributed by atoms with E-state index in [0.717, 1.165) is 10.5 Å². The van der Waals surface area contributed by atoms with Crippen LogP contribution in [0.5, 0.6) is 0 Å². The predicted molar refractivity (Wildman–Crippen MR) is 124 cm³/mol. The lowest BCUT2D eigenvalue weighted by molar-refractivity contribution is -0.139. The molecule has 1 aliphatic rings. The monoisotopic (exact) mass is 487 g/mol. The van der Waals surface area contributed by atoms with Gasteiger partial charge in [0.2, 0.25) is 11.8 Å². The SMILES string of the molecule is CC(Cl)(NC(=O)O)C(Cc1ccccc1)(CN1C(=O)CCC1=O)NC(=O)OCc1ccccc1. The Hall–Kier alpha value is -3.59. The van der Waals surface area contributed by atoms with Crippen LogP contribution in [0.4, 0.5) is 9.59 Å². The van der Waals surface area contributed by atoms with Crippen molar-refractivity contribution in [2.45, 2.75) is 43.3 Å². The van der Waals surface area contributed by atoms with E-state index in [1.54, 1.807) is 54.6 Å². The molecular formula is C24H26ClN3O6. The number of halogens is 1. The zero-order valence-electron chi connectivity index (χ0n) is 18.6. The second kappa shape index (κ2) is 10.6. The molecule has 34 heavy (non-hydrogen) atoms. The molecule has 3 rings (SSSR count). The molecule has 0 bridgehead atoms. The number of hydrogen-bond acceptors (Lipinski definition) is 5. The highest BCUT2D eigenvalue weighted by atomic mass is 35.5. The summed E-state index contributed by atoms with van der Waals surface area (Å²) < 4.78 is 5.37. The van der Waals surface area contributed by atoms with Crippen LogP contribution in [-0.2, 0) is 27.4 Å². The Kier molecular flexibility index (Phi) is 7.78. The van der Waals surface area contributed by atoms with Gasteiger partial charge in [0.25, 0.3) is 0 Å². The van der Waals surface area contributed by atoms with E-state index >= 15 is 0 Å². The Bertz CT molecular complexity index is 1030. The van der Waals surface area contributed by atoms with Gasteiger partial charge in [-0.3, -0.25) is 14.5 Å². The molecule has 0 aliphatic carbocycles. The largest absolute Gasteiger partial charge is 0.465 e. The molecule has 0 radical (unpaired) electrons. The van der Waals surface area contributed by atoms with Gasteiger partial charge in [-0.15, -0.1) is 0 Å². The first-order chi connectivity index (χ1) is 16.1. The summed E-state index contributed by atoms with van der Waals surface area (Å²) in [6.07, 6.45) is -2.24. The van der Waals surface area contributed by atoms with E-state index in [9.17, 15) is 24.3 Å². The number of alkyl halides is 1. The van der Waals surface area contributed by atoms with Gasteiger partial charge in [-0.05, 0) is 18.1 Å². The number of carbonyl (C=O) groups excluding carboxylic acids is 3. The molecule has 180 valence electrons. The number of carbonyl (C=O) groups is 4. The maximum absolute atomic E-state index is 12.9. The molecule has 1 saturated heterocycles. The van der Waals surface area contributed by atoms with Gasteiger partial charge in [0, 0.05) is 19.3 Å². The number of rotatable bonds is 9. The molecule has 0 saturated carbocycles. The Morgan fingerprint density at radius 3 is 2.03 bits per heavy atom. The van der Waals surface area contributed by atoms with Crippen LogP contribution in [0.15, 0.2) is 60.7 Å². The molecule has 0 spiro atoms. The molecule has 10 heteroatoms. The summed E-state index contributed by atoms with van der Waals surface area (Å²) in [4.78, 5) is 48.6. The first kappa shape index (κ1) is 25.0. The fraction of sp³-hybridized carbons (Fsp3) is 0.333. The number of amides is 4. The van der Waals surface area contributed by atoms with Gasteiger partial charge in [-0.25, -0.2) is 9.59 Å². The van der Waals surface area contributed by atoms with Crippen molar-refractivity contribution < 1.29 is 29.0 Å². The average molecular weight is 488 g/mol. The summed E-state index contributed by atoms with van der Waals surface area (Å²) in [5.74, 6) is -0.852. The third kappa shape index (κ3) is 6.05. The van der Waals surface area contributed by atoms with E-state index in [0.29, 0.717) is 5.56 Å². The van der Waals surface area contributed by atoms with Gasteiger partial charge < -0.3 is 20.5 Å². The van der Waals surface area contributed by atoms with E-state index in [1.807, 2.05) is 6.07 Å². The summed E-state index contributed by atoms with van der Waals surface area (Å²) >= 11 is 6.73. The number of nitrogens with zero attached hydrogens (tertiary/aromatic N) is 1. The number of carboxylic acid groups (broad SMARTS) is 1. The van der Waals surface area contributed by atoms with Gasteiger partial charge in [-0.1, -0.05) is 72.3 Å². The minimum absolute atomic E-state index is 0.00557. The summed E-state index contributed by atoms with van der Waals surface area (Å²) in [5.41, 5.74) is -0.199. The van der Waals surface area contributed by atoms with Crippen molar-refractivity contribution in [2.75, 3.05) is 6.54 Å². The third-order valence-electron chi connectivity index (χ3n) is 5.73. The predicted octanol–water partition coefficient (Wildman–Crippen LogP) is 3.27. The van der Waals surface area contributed by atoms with Crippen molar-refractivity contribution in [1.82, 2.24) is 15.5 Å². The van der Waals surface area contributed by atoms with E-state index in [-0.39, 0.29) is 32.4 Å². The molecule has 2 atom stereocenters. The van der Waals surface area contributed by atoms with Crippen LogP contribution in [0.1, 0.15) is 30.9 Å². The smallest absolute Gasteiger partial charge is 0.408 e. The third-order valence-corrected chi connectivity index (χ3v) is 6.18. The maximum Gasteiger partial charge on any atom is 0.408 e.